The van der Waals surface area contributed by atoms with Gasteiger partial charge in [-0.2, -0.15) is 0 Å². The maximum atomic E-state index is 11.5. The predicted octanol–water partition coefficient (Wildman–Crippen LogP) is 0.817. The Bertz CT molecular complexity index is 320. The highest BCUT2D eigenvalue weighted by atomic mass is 16.4. The van der Waals surface area contributed by atoms with E-state index in [-0.39, 0.29) is 5.91 Å². The van der Waals surface area contributed by atoms with Crippen molar-refractivity contribution in [3.8, 4) is 0 Å². The molecule has 1 aliphatic heterocycles. The molecular weight excluding hydrogens is 232 g/mol. The van der Waals surface area contributed by atoms with E-state index in [2.05, 4.69) is 11.9 Å². The molecule has 0 atom stereocenters. The van der Waals surface area contributed by atoms with Crippen LogP contribution in [-0.2, 0) is 9.59 Å². The third-order valence-corrected chi connectivity index (χ3v) is 3.46. The minimum Gasteiger partial charge on any atom is -0.478 e. The fourth-order valence-electron chi connectivity index (χ4n) is 2.11. The van der Waals surface area contributed by atoms with E-state index in [0.717, 1.165) is 31.7 Å². The SMILES string of the molecule is CN1CCC(CCN(C)C(=O)/C=C/C(=O)O)CC1. The van der Waals surface area contributed by atoms with Gasteiger partial charge in [0.25, 0.3) is 0 Å². The van der Waals surface area contributed by atoms with Crippen LogP contribution in [0.1, 0.15) is 19.3 Å². The van der Waals surface area contributed by atoms with Gasteiger partial charge in [-0.25, -0.2) is 4.79 Å². The van der Waals surface area contributed by atoms with Gasteiger partial charge in [0, 0.05) is 25.7 Å². The van der Waals surface area contributed by atoms with E-state index in [1.54, 1.807) is 11.9 Å². The van der Waals surface area contributed by atoms with Crippen molar-refractivity contribution in [1.82, 2.24) is 9.80 Å². The summed E-state index contributed by atoms with van der Waals surface area (Å²) in [4.78, 5) is 25.7. The van der Waals surface area contributed by atoms with Crippen molar-refractivity contribution in [2.24, 2.45) is 5.92 Å². The van der Waals surface area contributed by atoms with Gasteiger partial charge in [-0.05, 0) is 45.3 Å². The van der Waals surface area contributed by atoms with Gasteiger partial charge in [-0.3, -0.25) is 4.79 Å². The number of likely N-dealkylation sites (tertiary alicyclic amines) is 1. The molecule has 1 rings (SSSR count). The lowest BCUT2D eigenvalue weighted by Crippen LogP contribution is -2.33. The van der Waals surface area contributed by atoms with Gasteiger partial charge in [-0.1, -0.05) is 0 Å². The number of carboxylic acid groups (broad SMARTS) is 1. The van der Waals surface area contributed by atoms with Crippen LogP contribution in [0.3, 0.4) is 0 Å². The number of nitrogens with zero attached hydrogens (tertiary/aromatic N) is 2. The molecule has 1 amide bonds. The predicted molar refractivity (Wildman–Crippen MR) is 69.3 cm³/mol. The van der Waals surface area contributed by atoms with Gasteiger partial charge in [0.2, 0.25) is 5.91 Å². The second-order valence-electron chi connectivity index (χ2n) is 4.97. The number of carboxylic acids is 1. The minimum atomic E-state index is -1.09. The number of piperidine rings is 1. The number of likely N-dealkylation sites (N-methyl/N-ethyl adjacent to an activating group) is 1. The zero-order chi connectivity index (χ0) is 13.5. The zero-order valence-corrected chi connectivity index (χ0v) is 11.1. The number of rotatable bonds is 5. The average Bonchev–Trinajstić information content (AvgIpc) is 2.34. The second-order valence-corrected chi connectivity index (χ2v) is 4.97. The van der Waals surface area contributed by atoms with Gasteiger partial charge in [-0.15, -0.1) is 0 Å². The van der Waals surface area contributed by atoms with Crippen molar-refractivity contribution in [2.45, 2.75) is 19.3 Å². The summed E-state index contributed by atoms with van der Waals surface area (Å²) in [6.07, 6.45) is 5.36. The number of hydrogen-bond donors (Lipinski definition) is 1. The average molecular weight is 254 g/mol. The summed E-state index contributed by atoms with van der Waals surface area (Å²) in [5.74, 6) is -0.655. The summed E-state index contributed by atoms with van der Waals surface area (Å²) in [5, 5.41) is 8.44. The van der Waals surface area contributed by atoms with E-state index in [0.29, 0.717) is 12.5 Å². The van der Waals surface area contributed by atoms with Crippen LogP contribution in [0, 0.1) is 5.92 Å². The topological polar surface area (TPSA) is 60.9 Å². The molecule has 0 aromatic rings. The van der Waals surface area contributed by atoms with Gasteiger partial charge in [0.15, 0.2) is 0 Å². The van der Waals surface area contributed by atoms with E-state index in [1.165, 1.54) is 12.8 Å². The Morgan fingerprint density at radius 1 is 1.33 bits per heavy atom. The Morgan fingerprint density at radius 3 is 2.50 bits per heavy atom. The third kappa shape index (κ3) is 5.31. The molecule has 0 aliphatic carbocycles. The Labute approximate surface area is 108 Å². The molecule has 1 saturated heterocycles. The van der Waals surface area contributed by atoms with Crippen molar-refractivity contribution in [3.63, 3.8) is 0 Å². The van der Waals surface area contributed by atoms with Crippen molar-refractivity contribution in [1.29, 1.82) is 0 Å². The van der Waals surface area contributed by atoms with E-state index in [4.69, 9.17) is 5.11 Å². The molecule has 0 bridgehead atoms. The molecule has 0 radical (unpaired) electrons. The standard InChI is InChI=1S/C13H22N2O3/c1-14-8-5-11(6-9-14)7-10-15(2)12(16)3-4-13(17)18/h3-4,11H,5-10H2,1-2H3,(H,17,18)/b4-3+. The molecule has 102 valence electrons. The van der Waals surface area contributed by atoms with Crippen LogP contribution in [-0.4, -0.2) is 60.5 Å². The Hall–Kier alpha value is -1.36. The van der Waals surface area contributed by atoms with Crippen molar-refractivity contribution >= 4 is 11.9 Å². The molecule has 0 spiro atoms. The number of carbonyl (C=O) groups is 2. The fraction of sp³-hybridized carbons (Fsp3) is 0.692. The maximum absolute atomic E-state index is 11.5. The van der Waals surface area contributed by atoms with Gasteiger partial charge >= 0.3 is 5.97 Å². The molecule has 0 aromatic carbocycles. The van der Waals surface area contributed by atoms with Gasteiger partial charge < -0.3 is 14.9 Å². The number of amides is 1. The van der Waals surface area contributed by atoms with Crippen LogP contribution in [0.4, 0.5) is 0 Å². The third-order valence-electron chi connectivity index (χ3n) is 3.46. The lowest BCUT2D eigenvalue weighted by Gasteiger charge is -2.29. The zero-order valence-electron chi connectivity index (χ0n) is 11.1. The monoisotopic (exact) mass is 254 g/mol. The first-order chi connectivity index (χ1) is 8.49. The number of aliphatic carboxylic acids is 1. The Kier molecular flexibility index (Phi) is 5.85. The maximum Gasteiger partial charge on any atom is 0.328 e. The lowest BCUT2D eigenvalue weighted by molar-refractivity contribution is -0.132. The summed E-state index contributed by atoms with van der Waals surface area (Å²) >= 11 is 0. The lowest BCUT2D eigenvalue weighted by atomic mass is 9.94. The smallest absolute Gasteiger partial charge is 0.328 e. The highest BCUT2D eigenvalue weighted by molar-refractivity contribution is 5.93. The van der Waals surface area contributed by atoms with Crippen LogP contribution in [0.25, 0.3) is 0 Å². The van der Waals surface area contributed by atoms with Crippen molar-refractivity contribution < 1.29 is 14.7 Å². The normalized spacial score (nSPS) is 18.1. The molecule has 1 aliphatic rings. The van der Waals surface area contributed by atoms with E-state index < -0.39 is 5.97 Å². The summed E-state index contributed by atoms with van der Waals surface area (Å²) in [5.41, 5.74) is 0. The van der Waals surface area contributed by atoms with Gasteiger partial charge in [0.1, 0.15) is 0 Å². The highest BCUT2D eigenvalue weighted by Crippen LogP contribution is 2.19. The summed E-state index contributed by atoms with van der Waals surface area (Å²) in [6, 6.07) is 0. The van der Waals surface area contributed by atoms with Crippen molar-refractivity contribution in [2.75, 3.05) is 33.7 Å². The van der Waals surface area contributed by atoms with Crippen LogP contribution in [0.15, 0.2) is 12.2 Å². The molecule has 5 nitrogen and oxygen atoms in total. The first-order valence-electron chi connectivity index (χ1n) is 6.33. The largest absolute Gasteiger partial charge is 0.478 e. The van der Waals surface area contributed by atoms with Crippen LogP contribution in [0.2, 0.25) is 0 Å². The van der Waals surface area contributed by atoms with Crippen LogP contribution < -0.4 is 0 Å². The van der Waals surface area contributed by atoms with Crippen molar-refractivity contribution in [3.05, 3.63) is 12.2 Å². The Balaban J connectivity index is 2.26. The molecule has 18 heavy (non-hydrogen) atoms. The van der Waals surface area contributed by atoms with Crippen LogP contribution >= 0.6 is 0 Å². The molecule has 1 heterocycles. The highest BCUT2D eigenvalue weighted by Gasteiger charge is 2.17. The van der Waals surface area contributed by atoms with Crippen LogP contribution in [0.5, 0.6) is 0 Å². The number of carbonyl (C=O) groups excluding carboxylic acids is 1. The fourth-order valence-corrected chi connectivity index (χ4v) is 2.11. The van der Waals surface area contributed by atoms with E-state index >= 15 is 0 Å². The molecule has 0 unspecified atom stereocenters. The molecule has 0 saturated carbocycles. The molecule has 1 fully saturated rings. The summed E-state index contributed by atoms with van der Waals surface area (Å²) in [6.45, 7) is 2.94. The number of hydrogen-bond acceptors (Lipinski definition) is 3. The molecule has 0 aromatic heterocycles. The quantitative estimate of drug-likeness (QED) is 0.738. The van der Waals surface area contributed by atoms with E-state index in [1.807, 2.05) is 0 Å². The first kappa shape index (κ1) is 14.7. The molecular formula is C13H22N2O3. The second kappa shape index (κ2) is 7.16. The minimum absolute atomic E-state index is 0.245. The van der Waals surface area contributed by atoms with E-state index in [9.17, 15) is 9.59 Å². The van der Waals surface area contributed by atoms with Gasteiger partial charge in [0.05, 0.1) is 0 Å². The Morgan fingerprint density at radius 2 is 1.94 bits per heavy atom. The summed E-state index contributed by atoms with van der Waals surface area (Å²) in [7, 11) is 3.84. The molecule has 5 heteroatoms. The first-order valence-corrected chi connectivity index (χ1v) is 6.33. The molecule has 1 N–H and O–H groups in total. The summed E-state index contributed by atoms with van der Waals surface area (Å²) < 4.78 is 0.